The lowest BCUT2D eigenvalue weighted by Gasteiger charge is -2.34. The van der Waals surface area contributed by atoms with Gasteiger partial charge in [0.25, 0.3) is 0 Å². The van der Waals surface area contributed by atoms with Crippen molar-refractivity contribution in [2.24, 2.45) is 0 Å². The van der Waals surface area contributed by atoms with Crippen LogP contribution in [0.1, 0.15) is 116 Å². The zero-order valence-electron chi connectivity index (χ0n) is 31.9. The van der Waals surface area contributed by atoms with Gasteiger partial charge in [0.1, 0.15) is 11.5 Å². The van der Waals surface area contributed by atoms with Crippen molar-refractivity contribution in [2.45, 2.75) is 133 Å². The Balaban J connectivity index is 1.63. The van der Waals surface area contributed by atoms with E-state index >= 15 is 0 Å². The van der Waals surface area contributed by atoms with Crippen LogP contribution in [0.2, 0.25) is 0 Å². The lowest BCUT2D eigenvalue weighted by atomic mass is 9.84. The fourth-order valence-corrected chi connectivity index (χ4v) is 11.9. The Morgan fingerprint density at radius 2 is 0.980 bits per heavy atom. The quantitative estimate of drug-likeness (QED) is 0.192. The summed E-state index contributed by atoms with van der Waals surface area (Å²) in [5, 5.41) is 0.934. The number of ether oxygens (including phenoxy) is 2. The molecule has 1 saturated carbocycles. The third-order valence-electron chi connectivity index (χ3n) is 10.1. The Bertz CT molecular complexity index is 1760. The molecule has 0 saturated heterocycles. The molecule has 3 heterocycles. The molecular formula is C43H56N4O2S2. The molecule has 1 fully saturated rings. The first-order valence-electron chi connectivity index (χ1n) is 18.4. The summed E-state index contributed by atoms with van der Waals surface area (Å²) < 4.78 is 14.3. The van der Waals surface area contributed by atoms with Crippen LogP contribution in [0.15, 0.2) is 61.2 Å². The van der Waals surface area contributed by atoms with Gasteiger partial charge in [0, 0.05) is 71.8 Å². The molecule has 0 bridgehead atoms. The summed E-state index contributed by atoms with van der Waals surface area (Å²) in [7, 11) is -0.347. The minimum absolute atomic E-state index is 0.0948. The van der Waals surface area contributed by atoms with Crippen LogP contribution in [0, 0.1) is 0 Å². The van der Waals surface area contributed by atoms with Gasteiger partial charge in [0.2, 0.25) is 5.79 Å². The molecular weight excluding hydrogens is 669 g/mol. The van der Waals surface area contributed by atoms with Crippen LogP contribution < -0.4 is 9.47 Å². The van der Waals surface area contributed by atoms with E-state index in [4.69, 9.17) is 41.2 Å². The molecule has 2 aliphatic rings. The smallest absolute Gasteiger partial charge is 0.245 e. The van der Waals surface area contributed by atoms with Crippen molar-refractivity contribution in [3.05, 3.63) is 83.4 Å². The number of hydrogen-bond acceptors (Lipinski definition) is 6. The highest BCUT2D eigenvalue weighted by Gasteiger charge is 2.35. The van der Waals surface area contributed by atoms with E-state index in [0.29, 0.717) is 22.1 Å². The fraction of sp³-hybridized carbons (Fsp3) is 0.488. The van der Waals surface area contributed by atoms with Gasteiger partial charge in [0.15, 0.2) is 11.6 Å². The first-order valence-corrected chi connectivity index (χ1v) is 21.6. The molecule has 0 radical (unpaired) electrons. The van der Waals surface area contributed by atoms with E-state index in [1.807, 2.05) is 26.0 Å². The Kier molecular flexibility index (Phi) is 11.0. The Labute approximate surface area is 311 Å². The normalized spacial score (nSPS) is 22.9. The molecule has 6 nitrogen and oxygen atoms in total. The summed E-state index contributed by atoms with van der Waals surface area (Å²) in [6, 6.07) is 12.8. The van der Waals surface area contributed by atoms with Gasteiger partial charge in [-0.15, -0.1) is 0 Å². The minimum atomic E-state index is -1.08. The largest absolute Gasteiger partial charge is 0.452 e. The van der Waals surface area contributed by atoms with Crippen LogP contribution in [-0.4, -0.2) is 48.0 Å². The molecule has 2 aromatic heterocycles. The van der Waals surface area contributed by atoms with Gasteiger partial charge in [-0.3, -0.25) is 0 Å². The van der Waals surface area contributed by atoms with Crippen LogP contribution in [0.25, 0.3) is 22.8 Å². The van der Waals surface area contributed by atoms with E-state index in [2.05, 4.69) is 65.8 Å². The summed E-state index contributed by atoms with van der Waals surface area (Å²) in [5.41, 5.74) is 6.29. The number of hydrogen-bond donors (Lipinski definition) is 0. The maximum Gasteiger partial charge on any atom is 0.245 e. The predicted octanol–water partition coefficient (Wildman–Crippen LogP) is 10.9. The summed E-state index contributed by atoms with van der Waals surface area (Å²) in [6.45, 7) is 17.6. The van der Waals surface area contributed by atoms with Crippen molar-refractivity contribution in [1.82, 2.24) is 19.9 Å². The van der Waals surface area contributed by atoms with Crippen molar-refractivity contribution in [2.75, 3.05) is 0 Å². The highest BCUT2D eigenvalue weighted by atomic mass is 32.2. The van der Waals surface area contributed by atoms with Crippen LogP contribution in [-0.2, 0) is 22.3 Å². The van der Waals surface area contributed by atoms with Crippen molar-refractivity contribution in [3.63, 3.8) is 0 Å². The molecule has 1 aliphatic carbocycles. The zero-order chi connectivity index (χ0) is 36.6. The first-order chi connectivity index (χ1) is 24.1. The van der Waals surface area contributed by atoms with Crippen molar-refractivity contribution in [3.8, 4) is 34.3 Å². The summed E-state index contributed by atoms with van der Waals surface area (Å²) in [4.78, 5) is 19.0. The van der Waals surface area contributed by atoms with Gasteiger partial charge < -0.3 is 9.47 Å². The molecule has 1 aliphatic heterocycles. The highest BCUT2D eigenvalue weighted by molar-refractivity contribution is 8.17. The molecule has 6 rings (SSSR count). The molecule has 51 heavy (non-hydrogen) atoms. The SMILES string of the molecule is C=S1Cc2cc(C(C)(C)C)cc(-c3ncccn3)c2OC(C)(C)Oc2c(cc(C(C)(C)C)cc2-c2ncccn2)CS(=C)C2CCCCCCC21. The molecule has 0 N–H and O–H groups in total. The fourth-order valence-electron chi connectivity index (χ4n) is 7.21. The minimum Gasteiger partial charge on any atom is -0.452 e. The Morgan fingerprint density at radius 3 is 1.33 bits per heavy atom. The molecule has 272 valence electrons. The van der Waals surface area contributed by atoms with E-state index in [9.17, 15) is 0 Å². The maximum atomic E-state index is 7.17. The van der Waals surface area contributed by atoms with Crippen LogP contribution in [0.3, 0.4) is 0 Å². The summed E-state index contributed by atoms with van der Waals surface area (Å²) in [5.74, 6) is 13.3. The number of benzene rings is 2. The predicted molar refractivity (Wildman–Crippen MR) is 220 cm³/mol. The van der Waals surface area contributed by atoms with Crippen LogP contribution in [0.5, 0.6) is 11.5 Å². The Hall–Kier alpha value is -3.36. The van der Waals surface area contributed by atoms with E-state index < -0.39 is 5.79 Å². The number of aromatic nitrogens is 4. The van der Waals surface area contributed by atoms with E-state index in [-0.39, 0.29) is 31.8 Å². The maximum absolute atomic E-state index is 7.17. The van der Waals surface area contributed by atoms with Gasteiger partial charge >= 0.3 is 0 Å². The van der Waals surface area contributed by atoms with Crippen LogP contribution >= 0.6 is 21.0 Å². The monoisotopic (exact) mass is 724 g/mol. The molecule has 4 unspecified atom stereocenters. The lowest BCUT2D eigenvalue weighted by molar-refractivity contribution is -0.0811. The number of fused-ring (bicyclic) bond motifs is 3. The number of nitrogens with zero attached hydrogens (tertiary/aromatic N) is 4. The van der Waals surface area contributed by atoms with Crippen molar-refractivity contribution >= 4 is 32.7 Å². The lowest BCUT2D eigenvalue weighted by Crippen LogP contribution is -2.36. The van der Waals surface area contributed by atoms with Gasteiger partial charge in [-0.1, -0.05) is 91.1 Å². The molecule has 0 spiro atoms. The third kappa shape index (κ3) is 8.65. The Morgan fingerprint density at radius 1 is 0.608 bits per heavy atom. The highest BCUT2D eigenvalue weighted by Crippen LogP contribution is 2.49. The van der Waals surface area contributed by atoms with Gasteiger partial charge in [-0.2, -0.15) is 21.0 Å². The second-order valence-corrected chi connectivity index (χ2v) is 20.6. The van der Waals surface area contributed by atoms with Gasteiger partial charge in [0.05, 0.1) is 11.1 Å². The summed E-state index contributed by atoms with van der Waals surface area (Å²) in [6.07, 6.45) is 14.6. The molecule has 4 aromatic rings. The van der Waals surface area contributed by atoms with E-state index in [0.717, 1.165) is 45.3 Å². The average Bonchev–Trinajstić information content (AvgIpc) is 3.05. The number of rotatable bonds is 2. The second kappa shape index (κ2) is 14.9. The van der Waals surface area contributed by atoms with E-state index in [1.165, 1.54) is 49.7 Å². The molecule has 8 heteroatoms. The average molecular weight is 725 g/mol. The van der Waals surface area contributed by atoms with Gasteiger partial charge in [-0.05, 0) is 59.1 Å². The molecule has 2 aromatic carbocycles. The second-order valence-electron chi connectivity index (χ2n) is 16.7. The summed E-state index contributed by atoms with van der Waals surface area (Å²) >= 11 is 0. The molecule has 0 amide bonds. The van der Waals surface area contributed by atoms with Crippen molar-refractivity contribution in [1.29, 1.82) is 0 Å². The first kappa shape index (κ1) is 37.4. The topological polar surface area (TPSA) is 70.0 Å². The van der Waals surface area contributed by atoms with Gasteiger partial charge in [-0.25, -0.2) is 19.9 Å². The standard InChI is InChI=1S/C43H56N4O2S2/c1-41(2,3)31-23-29-27-50(9)35-17-13-11-12-14-18-36(35)51(10)28-30-24-32(42(4,5)6)26-34(40-46-21-16-22-47-40)38(30)49-43(7,8)48-37(29)33(25-31)39-44-19-15-20-45-39/h15-16,19-26,35-36H,9-14,17-18,27-28H2,1-8H3. The van der Waals surface area contributed by atoms with Crippen molar-refractivity contribution < 1.29 is 9.47 Å². The third-order valence-corrected chi connectivity index (χ3v) is 14.4. The molecule has 4 atom stereocenters. The van der Waals surface area contributed by atoms with E-state index in [1.54, 1.807) is 24.8 Å². The van der Waals surface area contributed by atoms with Crippen LogP contribution in [0.4, 0.5) is 0 Å². The zero-order valence-corrected chi connectivity index (χ0v) is 33.6.